The van der Waals surface area contributed by atoms with Gasteiger partial charge >= 0.3 is 11.9 Å². The van der Waals surface area contributed by atoms with Crippen molar-refractivity contribution in [2.45, 2.75) is 79.4 Å². The van der Waals surface area contributed by atoms with Crippen molar-refractivity contribution in [2.24, 2.45) is 10.8 Å². The molecule has 6 heteroatoms. The highest BCUT2D eigenvalue weighted by Gasteiger charge is 2.31. The number of carbonyl (C=O) groups excluding carboxylic acids is 4. The van der Waals surface area contributed by atoms with Crippen LogP contribution in [0.1, 0.15) is 75.6 Å². The molecule has 0 aliphatic carbocycles. The molecular weight excluding hydrogens is 528 g/mol. The Hall–Kier alpha value is -4.06. The second kappa shape index (κ2) is 15.2. The summed E-state index contributed by atoms with van der Waals surface area (Å²) in [5.41, 5.74) is 2.05. The standard InChI is InChI=1S/C36H42O6/c1-35(2,33(39)41-25-29-11-7-5-8-12-29)21-19-31(37)23-27-15-17-28(18-16-27)24-32(38)20-22-36(3,4)34(40)42-26-30-13-9-6-10-14-30/h5-18H,19-26H2,1-4H3. The van der Waals surface area contributed by atoms with Gasteiger partial charge in [-0.15, -0.1) is 0 Å². The van der Waals surface area contributed by atoms with Gasteiger partial charge < -0.3 is 9.47 Å². The van der Waals surface area contributed by atoms with Crippen molar-refractivity contribution in [3.63, 3.8) is 0 Å². The lowest BCUT2D eigenvalue weighted by Gasteiger charge is -2.22. The molecule has 0 saturated heterocycles. The van der Waals surface area contributed by atoms with E-state index in [4.69, 9.17) is 9.47 Å². The number of carbonyl (C=O) groups is 4. The molecule has 0 saturated carbocycles. The molecule has 0 aliphatic heterocycles. The average molecular weight is 571 g/mol. The molecule has 0 bridgehead atoms. The normalized spacial score (nSPS) is 11.5. The fourth-order valence-electron chi connectivity index (χ4n) is 4.35. The zero-order valence-corrected chi connectivity index (χ0v) is 25.2. The van der Waals surface area contributed by atoms with Gasteiger partial charge in [0.25, 0.3) is 0 Å². The smallest absolute Gasteiger partial charge is 0.311 e. The number of esters is 2. The van der Waals surface area contributed by atoms with Crippen LogP contribution in [0.3, 0.4) is 0 Å². The third-order valence-corrected chi connectivity index (χ3v) is 7.41. The molecule has 0 amide bonds. The summed E-state index contributed by atoms with van der Waals surface area (Å²) in [6.07, 6.45) is 1.89. The molecule has 3 rings (SSSR count). The van der Waals surface area contributed by atoms with Gasteiger partial charge in [0.2, 0.25) is 0 Å². The van der Waals surface area contributed by atoms with E-state index < -0.39 is 10.8 Å². The number of ether oxygens (including phenoxy) is 2. The fraction of sp³-hybridized carbons (Fsp3) is 0.389. The van der Waals surface area contributed by atoms with Gasteiger partial charge in [0.1, 0.15) is 24.8 Å². The van der Waals surface area contributed by atoms with Gasteiger partial charge in [0.05, 0.1) is 10.8 Å². The summed E-state index contributed by atoms with van der Waals surface area (Å²) in [4.78, 5) is 50.4. The molecule has 0 heterocycles. The molecule has 0 radical (unpaired) electrons. The topological polar surface area (TPSA) is 86.7 Å². The van der Waals surface area contributed by atoms with E-state index in [-0.39, 0.29) is 62.4 Å². The van der Waals surface area contributed by atoms with E-state index in [1.54, 1.807) is 27.7 Å². The lowest BCUT2D eigenvalue weighted by molar-refractivity contribution is -0.156. The summed E-state index contributed by atoms with van der Waals surface area (Å²) in [6, 6.07) is 26.5. The van der Waals surface area contributed by atoms with E-state index in [1.807, 2.05) is 84.9 Å². The molecule has 0 atom stereocenters. The van der Waals surface area contributed by atoms with Gasteiger partial charge in [-0.05, 0) is 62.8 Å². The Balaban J connectivity index is 1.38. The predicted octanol–water partition coefficient (Wildman–Crippen LogP) is 7.01. The molecule has 0 unspecified atom stereocenters. The SMILES string of the molecule is CC(C)(CCC(=O)Cc1ccc(CC(=O)CCC(C)(C)C(=O)OCc2ccccc2)cc1)C(=O)OCc1ccccc1. The maximum absolute atomic E-state index is 12.6. The quantitative estimate of drug-likeness (QED) is 0.172. The summed E-state index contributed by atoms with van der Waals surface area (Å²) in [5, 5.41) is 0. The van der Waals surface area contributed by atoms with Crippen molar-refractivity contribution < 1.29 is 28.7 Å². The Morgan fingerprint density at radius 1 is 0.500 bits per heavy atom. The Kier molecular flexibility index (Phi) is 11.8. The summed E-state index contributed by atoms with van der Waals surface area (Å²) in [5.74, 6) is -0.547. The number of rotatable bonds is 16. The molecule has 42 heavy (non-hydrogen) atoms. The van der Waals surface area contributed by atoms with E-state index in [2.05, 4.69) is 0 Å². The van der Waals surface area contributed by atoms with Crippen LogP contribution in [-0.2, 0) is 54.7 Å². The molecule has 0 N–H and O–H groups in total. The highest BCUT2D eigenvalue weighted by molar-refractivity contribution is 5.83. The number of hydrogen-bond donors (Lipinski definition) is 0. The first-order valence-corrected chi connectivity index (χ1v) is 14.5. The van der Waals surface area contributed by atoms with Crippen molar-refractivity contribution in [3.8, 4) is 0 Å². The second-order valence-electron chi connectivity index (χ2n) is 12.1. The Morgan fingerprint density at radius 2 is 0.833 bits per heavy atom. The van der Waals surface area contributed by atoms with Crippen LogP contribution in [0.25, 0.3) is 0 Å². The van der Waals surface area contributed by atoms with Gasteiger partial charge in [0.15, 0.2) is 0 Å². The summed E-state index contributed by atoms with van der Waals surface area (Å²) < 4.78 is 10.9. The predicted molar refractivity (Wildman–Crippen MR) is 162 cm³/mol. The number of benzene rings is 3. The second-order valence-corrected chi connectivity index (χ2v) is 12.1. The molecule has 222 valence electrons. The summed E-state index contributed by atoms with van der Waals surface area (Å²) >= 11 is 0. The van der Waals surface area contributed by atoms with Crippen LogP contribution < -0.4 is 0 Å². The third-order valence-electron chi connectivity index (χ3n) is 7.41. The van der Waals surface area contributed by atoms with Crippen LogP contribution in [0, 0.1) is 10.8 Å². The van der Waals surface area contributed by atoms with Gasteiger partial charge in [-0.2, -0.15) is 0 Å². The van der Waals surface area contributed by atoms with Crippen LogP contribution in [0.2, 0.25) is 0 Å². The van der Waals surface area contributed by atoms with Crippen LogP contribution in [-0.4, -0.2) is 23.5 Å². The van der Waals surface area contributed by atoms with Gasteiger partial charge in [-0.3, -0.25) is 19.2 Å². The van der Waals surface area contributed by atoms with Crippen molar-refractivity contribution in [3.05, 3.63) is 107 Å². The minimum absolute atomic E-state index is 0.0455. The van der Waals surface area contributed by atoms with Gasteiger partial charge in [-0.25, -0.2) is 0 Å². The lowest BCUT2D eigenvalue weighted by Crippen LogP contribution is -2.27. The van der Waals surface area contributed by atoms with Gasteiger partial charge in [-0.1, -0.05) is 84.9 Å². The Morgan fingerprint density at radius 3 is 1.17 bits per heavy atom. The summed E-state index contributed by atoms with van der Waals surface area (Å²) in [6.45, 7) is 7.63. The molecule has 3 aromatic rings. The van der Waals surface area contributed by atoms with Gasteiger partial charge in [0, 0.05) is 25.7 Å². The lowest BCUT2D eigenvalue weighted by atomic mass is 9.86. The van der Waals surface area contributed by atoms with Crippen molar-refractivity contribution in [1.29, 1.82) is 0 Å². The highest BCUT2D eigenvalue weighted by Crippen LogP contribution is 2.27. The maximum Gasteiger partial charge on any atom is 0.311 e. The molecule has 6 nitrogen and oxygen atoms in total. The van der Waals surface area contributed by atoms with E-state index >= 15 is 0 Å². The van der Waals surface area contributed by atoms with E-state index in [0.29, 0.717) is 12.8 Å². The molecule has 0 spiro atoms. The fourth-order valence-corrected chi connectivity index (χ4v) is 4.35. The van der Waals surface area contributed by atoms with E-state index in [9.17, 15) is 19.2 Å². The Labute approximate surface area is 249 Å². The molecule has 3 aromatic carbocycles. The van der Waals surface area contributed by atoms with Crippen LogP contribution >= 0.6 is 0 Å². The first kappa shape index (κ1) is 32.5. The molecule has 0 aromatic heterocycles. The first-order chi connectivity index (χ1) is 19.9. The highest BCUT2D eigenvalue weighted by atomic mass is 16.5. The molecular formula is C36H42O6. The Bertz CT molecular complexity index is 1220. The van der Waals surface area contributed by atoms with Crippen molar-refractivity contribution in [2.75, 3.05) is 0 Å². The van der Waals surface area contributed by atoms with Crippen LogP contribution in [0.4, 0.5) is 0 Å². The molecule has 0 fully saturated rings. The number of hydrogen-bond acceptors (Lipinski definition) is 6. The molecule has 0 aliphatic rings. The van der Waals surface area contributed by atoms with Crippen LogP contribution in [0.15, 0.2) is 84.9 Å². The third kappa shape index (κ3) is 10.7. The zero-order valence-electron chi connectivity index (χ0n) is 25.2. The van der Waals surface area contributed by atoms with E-state index in [0.717, 1.165) is 22.3 Å². The maximum atomic E-state index is 12.6. The van der Waals surface area contributed by atoms with E-state index in [1.165, 1.54) is 0 Å². The minimum atomic E-state index is -0.762. The monoisotopic (exact) mass is 570 g/mol. The largest absolute Gasteiger partial charge is 0.460 e. The summed E-state index contributed by atoms with van der Waals surface area (Å²) in [7, 11) is 0. The van der Waals surface area contributed by atoms with Crippen molar-refractivity contribution in [1.82, 2.24) is 0 Å². The van der Waals surface area contributed by atoms with Crippen LogP contribution in [0.5, 0.6) is 0 Å². The number of ketones is 2. The first-order valence-electron chi connectivity index (χ1n) is 14.5. The number of Topliss-reactive ketones (excluding diaryl/α,β-unsaturated/α-hetero) is 2. The van der Waals surface area contributed by atoms with Crippen molar-refractivity contribution >= 4 is 23.5 Å². The zero-order chi connectivity index (χ0) is 30.6. The minimum Gasteiger partial charge on any atom is -0.460 e. The average Bonchev–Trinajstić information content (AvgIpc) is 2.98.